The molecule has 0 aliphatic carbocycles. The summed E-state index contributed by atoms with van der Waals surface area (Å²) in [5.41, 5.74) is 5.48. The van der Waals surface area contributed by atoms with Gasteiger partial charge in [-0.15, -0.1) is 10.2 Å². The Labute approximate surface area is 84.9 Å². The van der Waals surface area contributed by atoms with E-state index in [1.807, 2.05) is 11.6 Å². The Bertz CT molecular complexity index is 419. The summed E-state index contributed by atoms with van der Waals surface area (Å²) in [4.78, 5) is 0. The number of aryl methyl sites for hydroxylation is 1. The molecule has 0 aliphatic rings. The molecular weight excluding hydrogens is 200 g/mol. The smallest absolute Gasteiger partial charge is 0.151 e. The molecule has 0 aliphatic heterocycles. The molecule has 6 nitrogen and oxygen atoms in total. The summed E-state index contributed by atoms with van der Waals surface area (Å²) in [6.07, 6.45) is 1.66. The molecule has 0 aromatic carbocycles. The zero-order valence-corrected chi connectivity index (χ0v) is 8.45. The number of rotatable bonds is 3. The van der Waals surface area contributed by atoms with E-state index in [4.69, 9.17) is 5.73 Å². The predicted molar refractivity (Wildman–Crippen MR) is 54.9 cm³/mol. The first kappa shape index (κ1) is 8.95. The van der Waals surface area contributed by atoms with Crippen molar-refractivity contribution in [3.8, 4) is 0 Å². The number of nitrogens with zero attached hydrogens (tertiary/aromatic N) is 4. The normalized spacial score (nSPS) is 10.4. The third-order valence-electron chi connectivity index (χ3n) is 1.75. The van der Waals surface area contributed by atoms with Crippen molar-refractivity contribution in [2.75, 3.05) is 11.1 Å². The lowest BCUT2D eigenvalue weighted by atomic mass is 10.5. The van der Waals surface area contributed by atoms with E-state index in [-0.39, 0.29) is 0 Å². The van der Waals surface area contributed by atoms with Crippen LogP contribution in [-0.4, -0.2) is 19.1 Å². The first-order chi connectivity index (χ1) is 6.75. The number of anilines is 2. The third kappa shape index (κ3) is 1.82. The lowest BCUT2D eigenvalue weighted by Crippen LogP contribution is -2.04. The fraction of sp³-hybridized carbons (Fsp3) is 0.286. The van der Waals surface area contributed by atoms with Crippen LogP contribution in [0.3, 0.4) is 0 Å². The van der Waals surface area contributed by atoms with Crippen molar-refractivity contribution in [1.82, 2.24) is 19.1 Å². The highest BCUT2D eigenvalue weighted by molar-refractivity contribution is 7.10. The second-order valence-corrected chi connectivity index (χ2v) is 3.63. The lowest BCUT2D eigenvalue weighted by Gasteiger charge is -2.00. The van der Waals surface area contributed by atoms with Crippen LogP contribution >= 0.6 is 11.5 Å². The highest BCUT2D eigenvalue weighted by atomic mass is 32.1. The standard InChI is InChI=1S/C7H10N6S/c1-13-4-10-11-6(13)3-9-7-2-5(8)12-14-7/h2,4,9H,3H2,1H3,(H2,8,12). The van der Waals surface area contributed by atoms with E-state index < -0.39 is 0 Å². The monoisotopic (exact) mass is 210 g/mol. The van der Waals surface area contributed by atoms with Gasteiger partial charge in [-0.1, -0.05) is 0 Å². The zero-order chi connectivity index (χ0) is 9.97. The quantitative estimate of drug-likeness (QED) is 0.769. The van der Waals surface area contributed by atoms with Gasteiger partial charge in [0.25, 0.3) is 0 Å². The largest absolute Gasteiger partial charge is 0.383 e. The number of hydrogen-bond acceptors (Lipinski definition) is 6. The van der Waals surface area contributed by atoms with Crippen molar-refractivity contribution in [2.24, 2.45) is 7.05 Å². The Morgan fingerprint density at radius 3 is 3.07 bits per heavy atom. The van der Waals surface area contributed by atoms with Gasteiger partial charge in [-0.05, 0) is 11.5 Å². The van der Waals surface area contributed by atoms with Crippen LogP contribution in [0.4, 0.5) is 10.8 Å². The van der Waals surface area contributed by atoms with Crippen LogP contribution in [0.2, 0.25) is 0 Å². The van der Waals surface area contributed by atoms with Gasteiger partial charge in [0.1, 0.15) is 17.1 Å². The molecule has 7 heteroatoms. The van der Waals surface area contributed by atoms with Gasteiger partial charge >= 0.3 is 0 Å². The number of nitrogens with one attached hydrogen (secondary N) is 1. The van der Waals surface area contributed by atoms with E-state index in [1.54, 1.807) is 12.4 Å². The maximum Gasteiger partial charge on any atom is 0.151 e. The van der Waals surface area contributed by atoms with Crippen molar-refractivity contribution >= 4 is 22.4 Å². The Morgan fingerprint density at radius 1 is 1.64 bits per heavy atom. The summed E-state index contributed by atoms with van der Waals surface area (Å²) in [5.74, 6) is 1.41. The van der Waals surface area contributed by atoms with Crippen LogP contribution in [-0.2, 0) is 13.6 Å². The molecule has 2 rings (SSSR count). The van der Waals surface area contributed by atoms with Gasteiger partial charge in [-0.25, -0.2) is 0 Å². The maximum atomic E-state index is 5.48. The van der Waals surface area contributed by atoms with Crippen LogP contribution in [0.5, 0.6) is 0 Å². The number of aromatic nitrogens is 4. The molecule has 2 aromatic heterocycles. The number of nitrogen functional groups attached to an aromatic ring is 1. The summed E-state index contributed by atoms with van der Waals surface area (Å²) < 4.78 is 5.81. The first-order valence-electron chi connectivity index (χ1n) is 4.04. The van der Waals surface area contributed by atoms with Crippen molar-refractivity contribution in [3.63, 3.8) is 0 Å². The summed E-state index contributed by atoms with van der Waals surface area (Å²) in [6, 6.07) is 1.79. The van der Waals surface area contributed by atoms with Gasteiger partial charge in [-0.2, -0.15) is 4.37 Å². The Hall–Kier alpha value is -1.63. The molecule has 0 amide bonds. The molecule has 2 aromatic rings. The van der Waals surface area contributed by atoms with Gasteiger partial charge in [0.05, 0.1) is 6.54 Å². The second kappa shape index (κ2) is 3.62. The van der Waals surface area contributed by atoms with E-state index >= 15 is 0 Å². The SMILES string of the molecule is Cn1cnnc1CNc1cc(N)ns1. The Balaban J connectivity index is 1.98. The predicted octanol–water partition coefficient (Wildman–Crippen LogP) is 0.466. The topological polar surface area (TPSA) is 81.7 Å². The molecule has 0 spiro atoms. The molecule has 0 atom stereocenters. The first-order valence-corrected chi connectivity index (χ1v) is 4.82. The molecule has 2 heterocycles. The van der Waals surface area contributed by atoms with Crippen molar-refractivity contribution in [2.45, 2.75) is 6.54 Å². The summed E-state index contributed by atoms with van der Waals surface area (Å²) >= 11 is 1.33. The molecule has 14 heavy (non-hydrogen) atoms. The molecule has 3 N–H and O–H groups in total. The lowest BCUT2D eigenvalue weighted by molar-refractivity contribution is 0.813. The summed E-state index contributed by atoms with van der Waals surface area (Å²) in [5, 5.41) is 11.8. The van der Waals surface area contributed by atoms with E-state index in [2.05, 4.69) is 19.9 Å². The van der Waals surface area contributed by atoms with E-state index in [0.29, 0.717) is 12.4 Å². The molecule has 0 fully saturated rings. The summed E-state index contributed by atoms with van der Waals surface area (Å²) in [7, 11) is 1.90. The zero-order valence-electron chi connectivity index (χ0n) is 7.64. The van der Waals surface area contributed by atoms with Crippen LogP contribution in [0.1, 0.15) is 5.82 Å². The highest BCUT2D eigenvalue weighted by Crippen LogP contribution is 2.17. The van der Waals surface area contributed by atoms with Crippen LogP contribution < -0.4 is 11.1 Å². The minimum absolute atomic E-state index is 0.537. The molecule has 0 saturated heterocycles. The molecule has 0 unspecified atom stereocenters. The Morgan fingerprint density at radius 2 is 2.50 bits per heavy atom. The average molecular weight is 210 g/mol. The van der Waals surface area contributed by atoms with Crippen LogP contribution in [0.15, 0.2) is 12.4 Å². The van der Waals surface area contributed by atoms with Gasteiger partial charge in [0.15, 0.2) is 5.82 Å². The van der Waals surface area contributed by atoms with Crippen LogP contribution in [0.25, 0.3) is 0 Å². The fourth-order valence-corrected chi connectivity index (χ4v) is 1.57. The van der Waals surface area contributed by atoms with E-state index in [1.165, 1.54) is 11.5 Å². The van der Waals surface area contributed by atoms with Crippen molar-refractivity contribution in [1.29, 1.82) is 0 Å². The van der Waals surface area contributed by atoms with E-state index in [9.17, 15) is 0 Å². The van der Waals surface area contributed by atoms with Gasteiger partial charge < -0.3 is 15.6 Å². The fourth-order valence-electron chi connectivity index (χ4n) is 1.01. The molecule has 0 radical (unpaired) electrons. The molecule has 0 bridgehead atoms. The highest BCUT2D eigenvalue weighted by Gasteiger charge is 2.01. The van der Waals surface area contributed by atoms with Gasteiger partial charge in [-0.3, -0.25) is 0 Å². The second-order valence-electron chi connectivity index (χ2n) is 2.83. The van der Waals surface area contributed by atoms with Crippen molar-refractivity contribution < 1.29 is 0 Å². The molecular formula is C7H10N6S. The Kier molecular flexibility index (Phi) is 2.32. The minimum atomic E-state index is 0.537. The minimum Gasteiger partial charge on any atom is -0.383 e. The van der Waals surface area contributed by atoms with E-state index in [0.717, 1.165) is 10.8 Å². The maximum absolute atomic E-state index is 5.48. The van der Waals surface area contributed by atoms with Crippen molar-refractivity contribution in [3.05, 3.63) is 18.2 Å². The molecule has 74 valence electrons. The number of nitrogens with two attached hydrogens (primary N) is 1. The average Bonchev–Trinajstić information content (AvgIpc) is 2.72. The van der Waals surface area contributed by atoms with Gasteiger partial charge in [0, 0.05) is 13.1 Å². The molecule has 0 saturated carbocycles. The third-order valence-corrected chi connectivity index (χ3v) is 2.52. The summed E-state index contributed by atoms with van der Waals surface area (Å²) in [6.45, 7) is 0.623. The van der Waals surface area contributed by atoms with Crippen LogP contribution in [0, 0.1) is 0 Å². The van der Waals surface area contributed by atoms with Gasteiger partial charge in [0.2, 0.25) is 0 Å². The number of hydrogen-bond donors (Lipinski definition) is 2.